The van der Waals surface area contributed by atoms with Gasteiger partial charge in [-0.05, 0) is 36.2 Å². The lowest BCUT2D eigenvalue weighted by Gasteiger charge is -2.36. The van der Waals surface area contributed by atoms with Gasteiger partial charge in [-0.3, -0.25) is 14.5 Å². The van der Waals surface area contributed by atoms with E-state index < -0.39 is 0 Å². The molecule has 1 saturated heterocycles. The number of rotatable bonds is 12. The monoisotopic (exact) mass is 469 g/mol. The van der Waals surface area contributed by atoms with Crippen molar-refractivity contribution in [3.8, 4) is 5.75 Å². The number of nitrogens with zero attached hydrogens (tertiary/aromatic N) is 3. The van der Waals surface area contributed by atoms with E-state index in [1.807, 2.05) is 40.1 Å². The van der Waals surface area contributed by atoms with E-state index in [0.29, 0.717) is 38.3 Å². The van der Waals surface area contributed by atoms with E-state index in [-0.39, 0.29) is 24.2 Å². The summed E-state index contributed by atoms with van der Waals surface area (Å²) in [7, 11) is 0. The Balaban J connectivity index is 1.45. The van der Waals surface area contributed by atoms with E-state index in [1.165, 1.54) is 12.1 Å². The molecule has 0 aromatic heterocycles. The van der Waals surface area contributed by atoms with Crippen LogP contribution in [0.15, 0.2) is 54.6 Å². The van der Waals surface area contributed by atoms with Crippen molar-refractivity contribution in [3.63, 3.8) is 0 Å². The maximum Gasteiger partial charge on any atom is 0.260 e. The van der Waals surface area contributed by atoms with Gasteiger partial charge in [0.15, 0.2) is 6.61 Å². The van der Waals surface area contributed by atoms with Crippen LogP contribution >= 0.6 is 0 Å². The number of carbonyl (C=O) groups excluding carboxylic acids is 2. The molecule has 2 aromatic carbocycles. The van der Waals surface area contributed by atoms with Crippen LogP contribution in [0.4, 0.5) is 4.39 Å². The summed E-state index contributed by atoms with van der Waals surface area (Å²) in [6.45, 7) is 6.87. The molecule has 0 spiro atoms. The maximum absolute atomic E-state index is 13.3. The maximum atomic E-state index is 13.3. The molecule has 0 aliphatic carbocycles. The molecule has 0 atom stereocenters. The predicted octanol–water partition coefficient (Wildman–Crippen LogP) is 3.96. The van der Waals surface area contributed by atoms with Gasteiger partial charge in [-0.1, -0.05) is 50.1 Å². The van der Waals surface area contributed by atoms with E-state index >= 15 is 0 Å². The van der Waals surface area contributed by atoms with Crippen molar-refractivity contribution in [1.29, 1.82) is 0 Å². The number of amides is 2. The molecular weight excluding hydrogens is 433 g/mol. The Kier molecular flexibility index (Phi) is 10.3. The van der Waals surface area contributed by atoms with Gasteiger partial charge in [-0.15, -0.1) is 0 Å². The first-order valence-electron chi connectivity index (χ1n) is 12.3. The van der Waals surface area contributed by atoms with Gasteiger partial charge in [-0.2, -0.15) is 0 Å². The number of para-hydroxylation sites is 1. The average molecular weight is 470 g/mol. The molecule has 3 rings (SSSR count). The number of unbranched alkanes of at least 4 members (excludes halogenated alkanes) is 2. The summed E-state index contributed by atoms with van der Waals surface area (Å²) >= 11 is 0. The minimum atomic E-state index is -0.272. The van der Waals surface area contributed by atoms with Gasteiger partial charge in [0.1, 0.15) is 11.6 Å². The molecule has 184 valence electrons. The lowest BCUT2D eigenvalue weighted by atomic mass is 10.1. The molecule has 2 aromatic rings. The third-order valence-electron chi connectivity index (χ3n) is 6.15. The van der Waals surface area contributed by atoms with Crippen molar-refractivity contribution in [3.05, 3.63) is 66.0 Å². The third kappa shape index (κ3) is 8.45. The van der Waals surface area contributed by atoms with E-state index in [1.54, 1.807) is 12.1 Å². The highest BCUT2D eigenvalue weighted by Gasteiger charge is 2.22. The van der Waals surface area contributed by atoms with Crippen LogP contribution in [0.2, 0.25) is 0 Å². The summed E-state index contributed by atoms with van der Waals surface area (Å²) in [5.41, 5.74) is 0.930. The predicted molar refractivity (Wildman–Crippen MR) is 131 cm³/mol. The molecule has 7 heteroatoms. The van der Waals surface area contributed by atoms with Crippen LogP contribution in [-0.4, -0.2) is 72.4 Å². The van der Waals surface area contributed by atoms with E-state index in [2.05, 4.69) is 11.8 Å². The van der Waals surface area contributed by atoms with Crippen LogP contribution in [0, 0.1) is 5.82 Å². The molecule has 1 fully saturated rings. The number of hydrogen-bond acceptors (Lipinski definition) is 4. The second-order valence-electron chi connectivity index (χ2n) is 8.72. The Bertz CT molecular complexity index is 884. The Morgan fingerprint density at radius 3 is 2.35 bits per heavy atom. The van der Waals surface area contributed by atoms with Crippen LogP contribution < -0.4 is 4.74 Å². The molecule has 1 aliphatic rings. The summed E-state index contributed by atoms with van der Waals surface area (Å²) < 4.78 is 18.9. The Morgan fingerprint density at radius 2 is 1.68 bits per heavy atom. The molecule has 6 nitrogen and oxygen atoms in total. The quantitative estimate of drug-likeness (QED) is 0.442. The Morgan fingerprint density at radius 1 is 0.971 bits per heavy atom. The molecular formula is C27H36FN3O3. The molecule has 1 heterocycles. The minimum absolute atomic E-state index is 0.00691. The zero-order valence-electron chi connectivity index (χ0n) is 20.1. The van der Waals surface area contributed by atoms with Gasteiger partial charge in [0.2, 0.25) is 5.91 Å². The fourth-order valence-corrected chi connectivity index (χ4v) is 4.02. The van der Waals surface area contributed by atoms with Gasteiger partial charge in [0.05, 0.1) is 0 Å². The SMILES string of the molecule is CCCCCC(=O)N(CCN1CCN(C(=O)COc2ccccc2)CC1)Cc1ccc(F)cc1. The summed E-state index contributed by atoms with van der Waals surface area (Å²) in [6.07, 6.45) is 3.55. The summed E-state index contributed by atoms with van der Waals surface area (Å²) in [5, 5.41) is 0. The van der Waals surface area contributed by atoms with Crippen LogP contribution in [0.3, 0.4) is 0 Å². The van der Waals surface area contributed by atoms with Gasteiger partial charge in [-0.25, -0.2) is 4.39 Å². The van der Waals surface area contributed by atoms with Crippen molar-refractivity contribution >= 4 is 11.8 Å². The fourth-order valence-electron chi connectivity index (χ4n) is 4.02. The first-order valence-corrected chi connectivity index (χ1v) is 12.3. The minimum Gasteiger partial charge on any atom is -0.484 e. The molecule has 0 radical (unpaired) electrons. The van der Waals surface area contributed by atoms with Crippen molar-refractivity contribution in [1.82, 2.24) is 14.7 Å². The first-order chi connectivity index (χ1) is 16.5. The molecule has 0 N–H and O–H groups in total. The lowest BCUT2D eigenvalue weighted by molar-refractivity contribution is -0.135. The van der Waals surface area contributed by atoms with Gasteiger partial charge >= 0.3 is 0 Å². The topological polar surface area (TPSA) is 53.1 Å². The molecule has 2 amide bonds. The van der Waals surface area contributed by atoms with Crippen molar-refractivity contribution in [2.45, 2.75) is 39.2 Å². The molecule has 1 aliphatic heterocycles. The van der Waals surface area contributed by atoms with Crippen LogP contribution in [0.5, 0.6) is 5.75 Å². The van der Waals surface area contributed by atoms with Gasteiger partial charge in [0.25, 0.3) is 5.91 Å². The lowest BCUT2D eigenvalue weighted by Crippen LogP contribution is -2.51. The number of hydrogen-bond donors (Lipinski definition) is 0. The van der Waals surface area contributed by atoms with Gasteiger partial charge in [0, 0.05) is 52.2 Å². The summed E-state index contributed by atoms with van der Waals surface area (Å²) in [6, 6.07) is 15.7. The number of piperazine rings is 1. The summed E-state index contributed by atoms with van der Waals surface area (Å²) in [4.78, 5) is 31.4. The molecule has 0 unspecified atom stereocenters. The second kappa shape index (κ2) is 13.7. The smallest absolute Gasteiger partial charge is 0.260 e. The first kappa shape index (κ1) is 25.7. The Hall–Kier alpha value is -2.93. The van der Waals surface area contributed by atoms with Crippen molar-refractivity contribution in [2.75, 3.05) is 45.9 Å². The normalized spacial score (nSPS) is 14.1. The van der Waals surface area contributed by atoms with E-state index in [4.69, 9.17) is 4.74 Å². The van der Waals surface area contributed by atoms with E-state index in [0.717, 1.165) is 44.5 Å². The molecule has 0 bridgehead atoms. The van der Waals surface area contributed by atoms with Crippen molar-refractivity contribution < 1.29 is 18.7 Å². The largest absolute Gasteiger partial charge is 0.484 e. The zero-order chi connectivity index (χ0) is 24.2. The number of ether oxygens (including phenoxy) is 1. The number of benzene rings is 2. The van der Waals surface area contributed by atoms with Crippen molar-refractivity contribution in [2.24, 2.45) is 0 Å². The van der Waals surface area contributed by atoms with Gasteiger partial charge < -0.3 is 14.5 Å². The summed E-state index contributed by atoms with van der Waals surface area (Å²) in [5.74, 6) is 0.558. The average Bonchev–Trinajstić information content (AvgIpc) is 2.87. The Labute approximate surface area is 202 Å². The van der Waals surface area contributed by atoms with Crippen LogP contribution in [0.25, 0.3) is 0 Å². The number of carbonyl (C=O) groups is 2. The van der Waals surface area contributed by atoms with Crippen LogP contribution in [-0.2, 0) is 16.1 Å². The number of halogens is 1. The fraction of sp³-hybridized carbons (Fsp3) is 0.481. The second-order valence-corrected chi connectivity index (χ2v) is 8.72. The zero-order valence-corrected chi connectivity index (χ0v) is 20.1. The molecule has 0 saturated carbocycles. The standard InChI is InChI=1S/C27H36FN3O3/c1-2-3-5-10-26(32)31(21-23-11-13-24(28)14-12-23)20-17-29-15-18-30(19-16-29)27(33)22-34-25-8-6-4-7-9-25/h4,6-9,11-14H,2-3,5,10,15-22H2,1H3. The highest BCUT2D eigenvalue weighted by molar-refractivity contribution is 5.78. The third-order valence-corrected chi connectivity index (χ3v) is 6.15. The van der Waals surface area contributed by atoms with E-state index in [9.17, 15) is 14.0 Å². The molecule has 34 heavy (non-hydrogen) atoms. The highest BCUT2D eigenvalue weighted by atomic mass is 19.1. The highest BCUT2D eigenvalue weighted by Crippen LogP contribution is 2.12. The van der Waals surface area contributed by atoms with Crippen LogP contribution in [0.1, 0.15) is 38.2 Å².